The van der Waals surface area contributed by atoms with Crippen molar-refractivity contribution in [1.82, 2.24) is 9.80 Å². The lowest BCUT2D eigenvalue weighted by molar-refractivity contribution is 0.122. The van der Waals surface area contributed by atoms with Crippen molar-refractivity contribution < 1.29 is 9.57 Å². The molecule has 1 aliphatic heterocycles. The fourth-order valence-corrected chi connectivity index (χ4v) is 1.88. The maximum Gasteiger partial charge on any atom is 0.106 e. The minimum atomic E-state index is 0.472. The predicted octanol–water partition coefficient (Wildman–Crippen LogP) is 0.829. The van der Waals surface area contributed by atoms with E-state index in [4.69, 9.17) is 4.74 Å². The van der Waals surface area contributed by atoms with Crippen molar-refractivity contribution >= 4 is 5.71 Å². The van der Waals surface area contributed by atoms with E-state index in [0.29, 0.717) is 6.61 Å². The third kappa shape index (κ3) is 6.14. The van der Waals surface area contributed by atoms with E-state index in [1.165, 1.54) is 33.3 Å². The smallest absolute Gasteiger partial charge is 0.106 e. The van der Waals surface area contributed by atoms with Gasteiger partial charge in [0.2, 0.25) is 0 Å². The first-order chi connectivity index (χ1) is 8.76. The molecule has 0 aromatic heterocycles. The molecule has 0 spiro atoms. The van der Waals surface area contributed by atoms with Crippen LogP contribution in [0.15, 0.2) is 17.8 Å². The van der Waals surface area contributed by atoms with Crippen LogP contribution in [0.1, 0.15) is 6.42 Å². The molecule has 1 heterocycles. The zero-order chi connectivity index (χ0) is 13.2. The van der Waals surface area contributed by atoms with Gasteiger partial charge in [-0.05, 0) is 19.5 Å². The average Bonchev–Trinajstić information content (AvgIpc) is 2.39. The molecule has 0 radical (unpaired) electrons. The first-order valence-corrected chi connectivity index (χ1v) is 6.47. The third-order valence-electron chi connectivity index (χ3n) is 3.05. The van der Waals surface area contributed by atoms with Crippen LogP contribution >= 0.6 is 0 Å². The van der Waals surface area contributed by atoms with Gasteiger partial charge in [0.05, 0.1) is 6.61 Å². The van der Waals surface area contributed by atoms with Gasteiger partial charge < -0.3 is 19.4 Å². The fraction of sp³-hybridized carbons (Fsp3) is 0.769. The third-order valence-corrected chi connectivity index (χ3v) is 3.05. The SMILES string of the molecule is C=C/C(COCCCN1CCN(C)CC1)=N\OC. The van der Waals surface area contributed by atoms with Gasteiger partial charge in [0, 0.05) is 39.3 Å². The van der Waals surface area contributed by atoms with E-state index in [2.05, 4.69) is 33.4 Å². The Morgan fingerprint density at radius 2 is 2.06 bits per heavy atom. The van der Waals surface area contributed by atoms with Crippen LogP contribution in [-0.2, 0) is 9.57 Å². The Labute approximate surface area is 110 Å². The molecule has 1 aliphatic rings. The predicted molar refractivity (Wildman–Crippen MR) is 74.0 cm³/mol. The lowest BCUT2D eigenvalue weighted by Gasteiger charge is -2.32. The van der Waals surface area contributed by atoms with E-state index in [1.807, 2.05) is 0 Å². The largest absolute Gasteiger partial charge is 0.399 e. The summed E-state index contributed by atoms with van der Waals surface area (Å²) in [5.74, 6) is 0. The topological polar surface area (TPSA) is 37.3 Å². The Kier molecular flexibility index (Phi) is 7.64. The second kappa shape index (κ2) is 9.08. The summed E-state index contributed by atoms with van der Waals surface area (Å²) in [6.45, 7) is 10.7. The second-order valence-electron chi connectivity index (χ2n) is 4.52. The standard InChI is InChI=1S/C13H25N3O2/c1-4-13(14-17-3)12-18-11-5-6-16-9-7-15(2)8-10-16/h4H,1,5-12H2,2-3H3/b14-13+. The summed E-state index contributed by atoms with van der Waals surface area (Å²) in [7, 11) is 3.70. The second-order valence-corrected chi connectivity index (χ2v) is 4.52. The molecule has 5 heteroatoms. The molecule has 0 aliphatic carbocycles. The van der Waals surface area contributed by atoms with Gasteiger partial charge in [-0.3, -0.25) is 0 Å². The number of hydrogen-bond donors (Lipinski definition) is 0. The number of piperazine rings is 1. The van der Waals surface area contributed by atoms with E-state index in [1.54, 1.807) is 6.08 Å². The Morgan fingerprint density at radius 1 is 1.33 bits per heavy atom. The van der Waals surface area contributed by atoms with E-state index in [9.17, 15) is 0 Å². The fourth-order valence-electron chi connectivity index (χ4n) is 1.88. The number of rotatable bonds is 8. The van der Waals surface area contributed by atoms with Gasteiger partial charge in [0.25, 0.3) is 0 Å². The molecule has 0 amide bonds. The van der Waals surface area contributed by atoms with E-state index >= 15 is 0 Å². The zero-order valence-corrected chi connectivity index (χ0v) is 11.6. The number of ether oxygens (including phenoxy) is 1. The van der Waals surface area contributed by atoms with Crippen LogP contribution in [0.25, 0.3) is 0 Å². The van der Waals surface area contributed by atoms with Gasteiger partial charge in [-0.15, -0.1) is 0 Å². The van der Waals surface area contributed by atoms with Crippen LogP contribution in [-0.4, -0.2) is 75.6 Å². The molecule has 104 valence electrons. The summed E-state index contributed by atoms with van der Waals surface area (Å²) in [6, 6.07) is 0. The van der Waals surface area contributed by atoms with Crippen molar-refractivity contribution in [2.45, 2.75) is 6.42 Å². The highest BCUT2D eigenvalue weighted by Crippen LogP contribution is 2.00. The first kappa shape index (κ1) is 15.1. The van der Waals surface area contributed by atoms with Gasteiger partial charge in [0.15, 0.2) is 0 Å². The molecule has 1 rings (SSSR count). The molecule has 0 atom stereocenters. The molecule has 0 aromatic carbocycles. The monoisotopic (exact) mass is 255 g/mol. The summed E-state index contributed by atoms with van der Waals surface area (Å²) in [5, 5.41) is 3.80. The highest BCUT2D eigenvalue weighted by atomic mass is 16.6. The van der Waals surface area contributed by atoms with Gasteiger partial charge in [0.1, 0.15) is 12.8 Å². The van der Waals surface area contributed by atoms with Gasteiger partial charge in [-0.25, -0.2) is 0 Å². The summed E-state index contributed by atoms with van der Waals surface area (Å²) in [5.41, 5.74) is 0.733. The molecule has 0 saturated carbocycles. The van der Waals surface area contributed by atoms with Gasteiger partial charge >= 0.3 is 0 Å². The zero-order valence-electron chi connectivity index (χ0n) is 11.6. The summed E-state index contributed by atoms with van der Waals surface area (Å²) in [4.78, 5) is 9.53. The molecular formula is C13H25N3O2. The lowest BCUT2D eigenvalue weighted by atomic mass is 10.3. The molecule has 18 heavy (non-hydrogen) atoms. The Balaban J connectivity index is 2.01. The number of hydrogen-bond acceptors (Lipinski definition) is 5. The lowest BCUT2D eigenvalue weighted by Crippen LogP contribution is -2.44. The quantitative estimate of drug-likeness (QED) is 0.366. The van der Waals surface area contributed by atoms with Crippen molar-refractivity contribution in [2.75, 3.05) is 60.1 Å². The van der Waals surface area contributed by atoms with Crippen LogP contribution < -0.4 is 0 Å². The molecule has 0 aromatic rings. The maximum absolute atomic E-state index is 5.53. The molecule has 1 saturated heterocycles. The van der Waals surface area contributed by atoms with E-state index in [0.717, 1.165) is 25.3 Å². The van der Waals surface area contributed by atoms with Gasteiger partial charge in [-0.1, -0.05) is 11.7 Å². The maximum atomic E-state index is 5.53. The Bertz CT molecular complexity index is 261. The van der Waals surface area contributed by atoms with Gasteiger partial charge in [-0.2, -0.15) is 0 Å². The van der Waals surface area contributed by atoms with Crippen molar-refractivity contribution in [2.24, 2.45) is 5.16 Å². The molecule has 5 nitrogen and oxygen atoms in total. The number of oxime groups is 1. The highest BCUT2D eigenvalue weighted by Gasteiger charge is 2.12. The Hall–Kier alpha value is -0.910. The van der Waals surface area contributed by atoms with Crippen LogP contribution in [0.2, 0.25) is 0 Å². The van der Waals surface area contributed by atoms with Crippen LogP contribution in [0.5, 0.6) is 0 Å². The van der Waals surface area contributed by atoms with Crippen LogP contribution in [0.3, 0.4) is 0 Å². The minimum absolute atomic E-state index is 0.472. The van der Waals surface area contributed by atoms with Crippen molar-refractivity contribution in [3.05, 3.63) is 12.7 Å². The summed E-state index contributed by atoms with van der Waals surface area (Å²) in [6.07, 6.45) is 2.71. The molecule has 0 bridgehead atoms. The average molecular weight is 255 g/mol. The molecule has 1 fully saturated rings. The minimum Gasteiger partial charge on any atom is -0.399 e. The van der Waals surface area contributed by atoms with Crippen molar-refractivity contribution in [1.29, 1.82) is 0 Å². The summed E-state index contributed by atoms with van der Waals surface area (Å²) < 4.78 is 5.53. The Morgan fingerprint density at radius 3 is 2.67 bits per heavy atom. The first-order valence-electron chi connectivity index (χ1n) is 6.47. The normalized spacial score (nSPS) is 18.9. The number of nitrogens with zero attached hydrogens (tertiary/aromatic N) is 3. The summed E-state index contributed by atoms with van der Waals surface area (Å²) >= 11 is 0. The molecule has 0 unspecified atom stereocenters. The van der Waals surface area contributed by atoms with E-state index in [-0.39, 0.29) is 0 Å². The van der Waals surface area contributed by atoms with Crippen LogP contribution in [0.4, 0.5) is 0 Å². The molecule has 0 N–H and O–H groups in total. The van der Waals surface area contributed by atoms with E-state index < -0.39 is 0 Å². The van der Waals surface area contributed by atoms with Crippen molar-refractivity contribution in [3.63, 3.8) is 0 Å². The molecular weight excluding hydrogens is 230 g/mol. The van der Waals surface area contributed by atoms with Crippen molar-refractivity contribution in [3.8, 4) is 0 Å². The highest BCUT2D eigenvalue weighted by molar-refractivity contribution is 5.95. The van der Waals surface area contributed by atoms with Crippen LogP contribution in [0, 0.1) is 0 Å². The number of likely N-dealkylation sites (N-methyl/N-ethyl adjacent to an activating group) is 1.